The molecule has 1 heterocycles. The van der Waals surface area contributed by atoms with Crippen LogP contribution in [0.15, 0.2) is 27.2 Å². The lowest BCUT2D eigenvalue weighted by Gasteiger charge is -2.04. The lowest BCUT2D eigenvalue weighted by molar-refractivity contribution is 0.424. The maximum absolute atomic E-state index is 9.67. The fourth-order valence-electron chi connectivity index (χ4n) is 2.32. The SMILES string of the molecule is Oc1cc(-c2nc(CSC3CCCC3)no2)ccc1Br. The van der Waals surface area contributed by atoms with E-state index in [9.17, 15) is 5.11 Å². The molecule has 1 aliphatic rings. The van der Waals surface area contributed by atoms with Gasteiger partial charge in [-0.15, -0.1) is 0 Å². The molecule has 0 saturated heterocycles. The molecule has 1 aromatic heterocycles. The Morgan fingerprint density at radius 3 is 2.90 bits per heavy atom. The minimum Gasteiger partial charge on any atom is -0.507 e. The van der Waals surface area contributed by atoms with E-state index < -0.39 is 0 Å². The normalized spacial score (nSPS) is 15.8. The Labute approximate surface area is 130 Å². The summed E-state index contributed by atoms with van der Waals surface area (Å²) in [6.07, 6.45) is 5.28. The van der Waals surface area contributed by atoms with Crippen LogP contribution in [0.3, 0.4) is 0 Å². The maximum atomic E-state index is 9.67. The van der Waals surface area contributed by atoms with Gasteiger partial charge in [-0.05, 0) is 47.0 Å². The molecule has 0 radical (unpaired) electrons. The highest BCUT2D eigenvalue weighted by Gasteiger charge is 2.17. The number of phenols is 1. The van der Waals surface area contributed by atoms with Crippen molar-refractivity contribution in [2.75, 3.05) is 0 Å². The first-order valence-corrected chi connectivity index (χ1v) is 8.49. The standard InChI is InChI=1S/C14H15BrN2O2S/c15-11-6-5-9(7-12(11)18)14-16-13(17-19-14)8-20-10-3-1-2-4-10/h5-7,10,18H,1-4,8H2. The van der Waals surface area contributed by atoms with Gasteiger partial charge in [0.05, 0.1) is 10.2 Å². The molecule has 1 N–H and O–H groups in total. The summed E-state index contributed by atoms with van der Waals surface area (Å²) in [6, 6.07) is 5.22. The van der Waals surface area contributed by atoms with E-state index in [-0.39, 0.29) is 5.75 Å². The van der Waals surface area contributed by atoms with Crippen molar-refractivity contribution in [3.63, 3.8) is 0 Å². The van der Waals surface area contributed by atoms with Crippen LogP contribution in [0.25, 0.3) is 11.5 Å². The second kappa shape index (κ2) is 6.18. The summed E-state index contributed by atoms with van der Waals surface area (Å²) in [5.41, 5.74) is 0.732. The maximum Gasteiger partial charge on any atom is 0.258 e. The molecule has 0 atom stereocenters. The summed E-state index contributed by atoms with van der Waals surface area (Å²) in [5, 5.41) is 14.4. The van der Waals surface area contributed by atoms with Crippen LogP contribution in [0.5, 0.6) is 5.75 Å². The molecule has 1 fully saturated rings. The first-order valence-electron chi connectivity index (χ1n) is 6.65. The van der Waals surface area contributed by atoms with Crippen LogP contribution < -0.4 is 0 Å². The smallest absolute Gasteiger partial charge is 0.258 e. The van der Waals surface area contributed by atoms with Crippen molar-refractivity contribution in [2.45, 2.75) is 36.7 Å². The Balaban J connectivity index is 1.67. The van der Waals surface area contributed by atoms with Crippen LogP contribution in [0.2, 0.25) is 0 Å². The van der Waals surface area contributed by atoms with Crippen molar-refractivity contribution >= 4 is 27.7 Å². The van der Waals surface area contributed by atoms with Crippen molar-refractivity contribution in [1.82, 2.24) is 10.1 Å². The molecule has 0 unspecified atom stereocenters. The Morgan fingerprint density at radius 2 is 2.15 bits per heavy atom. The van der Waals surface area contributed by atoms with Gasteiger partial charge in [0.15, 0.2) is 5.82 Å². The monoisotopic (exact) mass is 354 g/mol. The van der Waals surface area contributed by atoms with Gasteiger partial charge in [0.25, 0.3) is 5.89 Å². The molecular weight excluding hydrogens is 340 g/mol. The van der Waals surface area contributed by atoms with E-state index in [0.717, 1.165) is 22.4 Å². The topological polar surface area (TPSA) is 59.2 Å². The van der Waals surface area contributed by atoms with Crippen LogP contribution in [0, 0.1) is 0 Å². The highest BCUT2D eigenvalue weighted by atomic mass is 79.9. The number of rotatable bonds is 4. The molecule has 0 spiro atoms. The molecule has 106 valence electrons. The minimum atomic E-state index is 0.169. The Morgan fingerprint density at radius 1 is 1.35 bits per heavy atom. The van der Waals surface area contributed by atoms with Crippen LogP contribution in [0.1, 0.15) is 31.5 Å². The summed E-state index contributed by atoms with van der Waals surface area (Å²) in [4.78, 5) is 4.39. The van der Waals surface area contributed by atoms with Gasteiger partial charge in [-0.25, -0.2) is 0 Å². The van der Waals surface area contributed by atoms with Gasteiger partial charge in [-0.3, -0.25) is 0 Å². The Hall–Kier alpha value is -1.01. The molecule has 0 bridgehead atoms. The molecule has 0 aliphatic heterocycles. The van der Waals surface area contributed by atoms with Gasteiger partial charge in [0, 0.05) is 10.8 Å². The molecule has 6 heteroatoms. The van der Waals surface area contributed by atoms with Gasteiger partial charge in [0.2, 0.25) is 0 Å². The van der Waals surface area contributed by atoms with Gasteiger partial charge >= 0.3 is 0 Å². The third-order valence-corrected chi connectivity index (χ3v) is 5.45. The van der Waals surface area contributed by atoms with E-state index in [1.54, 1.807) is 12.1 Å². The van der Waals surface area contributed by atoms with E-state index in [0.29, 0.717) is 10.4 Å². The Bertz CT molecular complexity index is 597. The molecule has 1 aromatic carbocycles. The summed E-state index contributed by atoms with van der Waals surface area (Å²) in [7, 11) is 0. The lowest BCUT2D eigenvalue weighted by Crippen LogP contribution is -1.95. The van der Waals surface area contributed by atoms with E-state index in [1.165, 1.54) is 25.7 Å². The number of phenolic OH excluding ortho intramolecular Hbond substituents is 1. The zero-order valence-corrected chi connectivity index (χ0v) is 13.3. The first-order chi connectivity index (χ1) is 9.72. The number of thioether (sulfide) groups is 1. The molecule has 1 aliphatic carbocycles. The second-order valence-electron chi connectivity index (χ2n) is 4.90. The van der Waals surface area contributed by atoms with Crippen molar-refractivity contribution in [3.05, 3.63) is 28.5 Å². The molecule has 0 amide bonds. The lowest BCUT2D eigenvalue weighted by atomic mass is 10.2. The average molecular weight is 355 g/mol. The quantitative estimate of drug-likeness (QED) is 0.882. The number of hydrogen-bond donors (Lipinski definition) is 1. The molecule has 4 nitrogen and oxygen atoms in total. The first kappa shape index (κ1) is 13.9. The summed E-state index contributed by atoms with van der Waals surface area (Å²) in [6.45, 7) is 0. The summed E-state index contributed by atoms with van der Waals surface area (Å²) < 4.78 is 5.91. The summed E-state index contributed by atoms with van der Waals surface area (Å²) >= 11 is 5.16. The van der Waals surface area contributed by atoms with Crippen LogP contribution >= 0.6 is 27.7 Å². The van der Waals surface area contributed by atoms with Crippen LogP contribution in [0.4, 0.5) is 0 Å². The molecule has 1 saturated carbocycles. The van der Waals surface area contributed by atoms with E-state index in [4.69, 9.17) is 4.52 Å². The molecular formula is C14H15BrN2O2S. The van der Waals surface area contributed by atoms with Crippen LogP contribution in [-0.4, -0.2) is 20.5 Å². The third-order valence-electron chi connectivity index (χ3n) is 3.41. The predicted molar refractivity (Wildman–Crippen MR) is 82.6 cm³/mol. The second-order valence-corrected chi connectivity index (χ2v) is 7.04. The number of hydrogen-bond acceptors (Lipinski definition) is 5. The number of halogens is 1. The average Bonchev–Trinajstić information content (AvgIpc) is 3.10. The van der Waals surface area contributed by atoms with E-state index in [1.807, 2.05) is 17.8 Å². The van der Waals surface area contributed by atoms with E-state index in [2.05, 4.69) is 26.1 Å². The Kier molecular flexibility index (Phi) is 4.31. The number of benzene rings is 1. The highest BCUT2D eigenvalue weighted by molar-refractivity contribution is 9.10. The number of aromatic hydroxyl groups is 1. The van der Waals surface area contributed by atoms with Gasteiger partial charge in [-0.2, -0.15) is 16.7 Å². The summed E-state index contributed by atoms with van der Waals surface area (Å²) in [5.74, 6) is 2.13. The fraction of sp³-hybridized carbons (Fsp3) is 0.429. The minimum absolute atomic E-state index is 0.169. The number of nitrogens with zero attached hydrogens (tertiary/aromatic N) is 2. The zero-order valence-electron chi connectivity index (χ0n) is 10.9. The highest BCUT2D eigenvalue weighted by Crippen LogP contribution is 2.32. The molecule has 3 rings (SSSR count). The van der Waals surface area contributed by atoms with Gasteiger partial charge in [-0.1, -0.05) is 18.0 Å². The van der Waals surface area contributed by atoms with Gasteiger partial charge in [0.1, 0.15) is 5.75 Å². The van der Waals surface area contributed by atoms with Crippen molar-refractivity contribution < 1.29 is 9.63 Å². The molecule has 20 heavy (non-hydrogen) atoms. The van der Waals surface area contributed by atoms with Crippen molar-refractivity contribution in [2.24, 2.45) is 0 Å². The van der Waals surface area contributed by atoms with Crippen molar-refractivity contribution in [3.8, 4) is 17.2 Å². The van der Waals surface area contributed by atoms with Crippen LogP contribution in [-0.2, 0) is 5.75 Å². The fourth-order valence-corrected chi connectivity index (χ4v) is 3.74. The number of aromatic nitrogens is 2. The van der Waals surface area contributed by atoms with Crippen molar-refractivity contribution in [1.29, 1.82) is 0 Å². The van der Waals surface area contributed by atoms with E-state index >= 15 is 0 Å². The zero-order chi connectivity index (χ0) is 13.9. The predicted octanol–water partition coefficient (Wildman–Crippen LogP) is 4.38. The largest absolute Gasteiger partial charge is 0.507 e. The van der Waals surface area contributed by atoms with Gasteiger partial charge < -0.3 is 9.63 Å². The third kappa shape index (κ3) is 3.17. The molecule has 2 aromatic rings.